The molecule has 1 aromatic rings. The van der Waals surface area contributed by atoms with E-state index in [0.717, 1.165) is 0 Å². The molecule has 0 atom stereocenters. The molecule has 10 heteroatoms. The van der Waals surface area contributed by atoms with Gasteiger partial charge in [0.1, 0.15) is 0 Å². The predicted octanol–water partition coefficient (Wildman–Crippen LogP) is -5.13. The van der Waals surface area contributed by atoms with Gasteiger partial charge in [-0.2, -0.15) is 0 Å². The van der Waals surface area contributed by atoms with Crippen molar-refractivity contribution in [3.8, 4) is 0 Å². The Morgan fingerprint density at radius 1 is 0.862 bits per heavy atom. The minimum absolute atomic E-state index is 0. The summed E-state index contributed by atoms with van der Waals surface area (Å²) in [5, 5.41) is 11.5. The van der Waals surface area contributed by atoms with Crippen LogP contribution in [0.5, 0.6) is 0 Å². The Labute approximate surface area is 320 Å². The molecule has 0 radical (unpaired) electrons. The SMILES string of the molecule is CC(C)CC(=O)[N-]CCCOCC[N-]C(=O)CC(=O)[N-]c1ccccc1.[Rb+].[Rb+].[Rb+]. The van der Waals surface area contributed by atoms with Gasteiger partial charge in [-0.1, -0.05) is 44.2 Å². The van der Waals surface area contributed by atoms with Gasteiger partial charge in [0, 0.05) is 19.6 Å². The van der Waals surface area contributed by atoms with Crippen LogP contribution in [0.25, 0.3) is 16.0 Å². The Kier molecular flexibility index (Phi) is 30.4. The van der Waals surface area contributed by atoms with E-state index in [1.165, 1.54) is 0 Å². The topological polar surface area (TPSA) is 103 Å². The minimum atomic E-state index is -0.515. The Bertz CT molecular complexity index is 575. The molecule has 0 aliphatic carbocycles. The summed E-state index contributed by atoms with van der Waals surface area (Å²) in [6, 6.07) is 8.74. The van der Waals surface area contributed by atoms with Gasteiger partial charge in [-0.05, 0) is 18.8 Å². The van der Waals surface area contributed by atoms with Crippen molar-refractivity contribution in [3.05, 3.63) is 46.3 Å². The maximum Gasteiger partial charge on any atom is 1.00 e. The van der Waals surface area contributed by atoms with Crippen molar-refractivity contribution in [2.45, 2.75) is 33.1 Å². The third kappa shape index (κ3) is 22.6. The van der Waals surface area contributed by atoms with Crippen molar-refractivity contribution < 1.29 is 194 Å². The summed E-state index contributed by atoms with van der Waals surface area (Å²) >= 11 is 0. The number of hydrogen-bond acceptors (Lipinski definition) is 4. The van der Waals surface area contributed by atoms with Crippen LogP contribution < -0.4 is 175 Å². The van der Waals surface area contributed by atoms with Gasteiger partial charge in [-0.15, -0.1) is 18.8 Å². The van der Waals surface area contributed by atoms with E-state index in [4.69, 9.17) is 4.74 Å². The Morgan fingerprint density at radius 3 is 2.10 bits per heavy atom. The van der Waals surface area contributed by atoms with Crippen molar-refractivity contribution >= 4 is 23.4 Å². The first-order valence-corrected chi connectivity index (χ1v) is 8.75. The maximum absolute atomic E-state index is 11.6. The van der Waals surface area contributed by atoms with E-state index in [0.29, 0.717) is 37.6 Å². The number of ether oxygens (including phenoxy) is 1. The molecule has 0 bridgehead atoms. The fraction of sp³-hybridized carbons (Fsp3) is 0.526. The monoisotopic (exact) mass is 615 g/mol. The molecular weight excluding hydrogens is 591 g/mol. The largest absolute Gasteiger partial charge is 1.00 e. The summed E-state index contributed by atoms with van der Waals surface area (Å²) < 4.78 is 5.32. The van der Waals surface area contributed by atoms with Crippen molar-refractivity contribution in [2.24, 2.45) is 5.92 Å². The first-order valence-electron chi connectivity index (χ1n) is 8.75. The van der Waals surface area contributed by atoms with Crippen molar-refractivity contribution in [3.63, 3.8) is 0 Å². The number of nitrogens with zero attached hydrogens (tertiary/aromatic N) is 3. The van der Waals surface area contributed by atoms with Crippen LogP contribution in [0.1, 0.15) is 33.1 Å². The number of carbonyl (C=O) groups excluding carboxylic acids is 3. The van der Waals surface area contributed by atoms with Crippen LogP contribution in [0.4, 0.5) is 5.69 Å². The molecule has 1 rings (SSSR count). The number of amides is 3. The molecule has 0 aromatic heterocycles. The Morgan fingerprint density at radius 2 is 1.48 bits per heavy atom. The molecule has 7 nitrogen and oxygen atoms in total. The van der Waals surface area contributed by atoms with Crippen LogP contribution in [0.3, 0.4) is 0 Å². The average molecular weight is 617 g/mol. The van der Waals surface area contributed by atoms with Gasteiger partial charge >= 0.3 is 175 Å². The molecule has 0 aliphatic rings. The second-order valence-corrected chi connectivity index (χ2v) is 6.13. The molecular formula is C19H26N3O4Rb3. The van der Waals surface area contributed by atoms with Gasteiger partial charge < -0.3 is 35.1 Å². The molecule has 0 N–H and O–H groups in total. The summed E-state index contributed by atoms with van der Waals surface area (Å²) in [5.74, 6) is -0.786. The van der Waals surface area contributed by atoms with Gasteiger partial charge in [-0.3, -0.25) is 0 Å². The van der Waals surface area contributed by atoms with E-state index in [9.17, 15) is 14.4 Å². The van der Waals surface area contributed by atoms with Gasteiger partial charge in [-0.25, -0.2) is 0 Å². The molecule has 0 fully saturated rings. The van der Waals surface area contributed by atoms with E-state index < -0.39 is 11.8 Å². The summed E-state index contributed by atoms with van der Waals surface area (Å²) in [6.07, 6.45) is 0.773. The number of para-hydroxylation sites is 1. The minimum Gasteiger partial charge on any atom is -0.653 e. The third-order valence-corrected chi connectivity index (χ3v) is 3.15. The van der Waals surface area contributed by atoms with Crippen LogP contribution >= 0.6 is 0 Å². The van der Waals surface area contributed by atoms with E-state index in [-0.39, 0.29) is 200 Å². The van der Waals surface area contributed by atoms with Crippen molar-refractivity contribution in [1.82, 2.24) is 0 Å². The molecule has 29 heavy (non-hydrogen) atoms. The van der Waals surface area contributed by atoms with Gasteiger partial charge in [0.15, 0.2) is 0 Å². The zero-order chi connectivity index (χ0) is 19.2. The zero-order valence-corrected chi connectivity index (χ0v) is 33.1. The smallest absolute Gasteiger partial charge is 0.653 e. The van der Waals surface area contributed by atoms with E-state index in [1.54, 1.807) is 24.3 Å². The van der Waals surface area contributed by atoms with Crippen molar-refractivity contribution in [1.29, 1.82) is 0 Å². The number of benzene rings is 1. The van der Waals surface area contributed by atoms with Gasteiger partial charge in [0.2, 0.25) is 0 Å². The molecule has 0 spiro atoms. The number of rotatable bonds is 12. The molecule has 0 saturated heterocycles. The van der Waals surface area contributed by atoms with Crippen molar-refractivity contribution in [2.75, 3.05) is 26.3 Å². The summed E-state index contributed by atoms with van der Waals surface area (Å²) in [5.41, 5.74) is 0.519. The van der Waals surface area contributed by atoms with Crippen LogP contribution in [0.2, 0.25) is 0 Å². The summed E-state index contributed by atoms with van der Waals surface area (Å²) in [4.78, 5) is 34.6. The molecule has 0 unspecified atom stereocenters. The standard InChI is InChI=1S/C19H29N3O4.3Rb/c1-15(2)13-17(23)20-9-6-11-26-12-10-21-18(24)14-19(25)22-16-7-4-3-5-8-16;;;/h3-5,7-8,15H,6,9-14H2,1-2H3,(H3,20,21,22,23,24,25);;;/q;3*+1/p-3. The van der Waals surface area contributed by atoms with Crippen LogP contribution in [-0.2, 0) is 19.1 Å². The third-order valence-electron chi connectivity index (χ3n) is 3.15. The second-order valence-electron chi connectivity index (χ2n) is 6.13. The van der Waals surface area contributed by atoms with E-state index in [1.807, 2.05) is 19.9 Å². The molecule has 0 heterocycles. The summed E-state index contributed by atoms with van der Waals surface area (Å²) in [6.45, 7) is 5.33. The van der Waals surface area contributed by atoms with Crippen LogP contribution in [0.15, 0.2) is 30.3 Å². The molecule has 144 valence electrons. The average Bonchev–Trinajstić information content (AvgIpc) is 2.57. The van der Waals surface area contributed by atoms with Gasteiger partial charge in [0.25, 0.3) is 0 Å². The number of carbonyl (C=O) groups is 3. The fourth-order valence-electron chi connectivity index (χ4n) is 1.99. The molecule has 3 amide bonds. The fourth-order valence-corrected chi connectivity index (χ4v) is 1.99. The maximum atomic E-state index is 11.6. The second kappa shape index (κ2) is 24.1. The summed E-state index contributed by atoms with van der Waals surface area (Å²) in [7, 11) is 0. The quantitative estimate of drug-likeness (QED) is 0.173. The van der Waals surface area contributed by atoms with Crippen LogP contribution in [-0.4, -0.2) is 44.0 Å². The zero-order valence-electron chi connectivity index (χ0n) is 18.4. The normalized spacial score (nSPS) is 9.34. The van der Waals surface area contributed by atoms with E-state index in [2.05, 4.69) is 16.0 Å². The van der Waals surface area contributed by atoms with Gasteiger partial charge in [0.05, 0.1) is 17.7 Å². The van der Waals surface area contributed by atoms with E-state index >= 15 is 0 Å². The Hall–Kier alpha value is 3.01. The molecule has 1 aromatic carbocycles. The first kappa shape index (κ1) is 36.6. The predicted molar refractivity (Wildman–Crippen MR) is 100 cm³/mol. The molecule has 0 saturated carbocycles. The number of hydrogen-bond donors (Lipinski definition) is 0. The Balaban J connectivity index is -0.00000225. The molecule has 0 aliphatic heterocycles. The van der Waals surface area contributed by atoms with Crippen LogP contribution in [0, 0.1) is 5.92 Å². The first-order chi connectivity index (χ1) is 12.5.